The number of benzene rings is 7. The molecule has 582 valence electrons. The monoisotopic (exact) mass is 1520 g/mol. The number of anilines is 1. The number of fused-ring (bicyclic) bond motifs is 4. The third kappa shape index (κ3) is 18.6. The van der Waals surface area contributed by atoms with Crippen LogP contribution in [0.5, 0.6) is 0 Å². The number of nitrogens with one attached hydrogen (secondary N) is 1. The summed E-state index contributed by atoms with van der Waals surface area (Å²) in [6.45, 7) is 23.8. The molecule has 2 fully saturated rings. The molecule has 0 atom stereocenters. The maximum atomic E-state index is 11.7. The minimum Gasteiger partial charge on any atom is -0.372 e. The number of pyridine rings is 4. The molecule has 18 rings (SSSR count). The summed E-state index contributed by atoms with van der Waals surface area (Å²) in [5.41, 5.74) is 33.5. The zero-order chi connectivity index (χ0) is 79.5. The van der Waals surface area contributed by atoms with Gasteiger partial charge in [-0.2, -0.15) is 5.10 Å². The zero-order valence-corrected chi connectivity index (χ0v) is 68.6. The van der Waals surface area contributed by atoms with Crippen LogP contribution in [0.15, 0.2) is 274 Å². The van der Waals surface area contributed by atoms with E-state index >= 15 is 0 Å². The van der Waals surface area contributed by atoms with Crippen molar-refractivity contribution in [3.63, 3.8) is 0 Å². The molecule has 0 bridgehead atoms. The normalized spacial score (nSPS) is 13.3. The standard InChI is InChI=1S/C27H28N2.C27H30N2.C26H26N2O.C23H25N5/c1-20-7-11-24(12-8-20)26-16-15-25(27-28-17-18-29(26)27)19-21-9-13-23(14-10-21)22-5-3-2-4-6-22;1-19(2)17-21-7-11-24(12-8-21)26-14-13-25(27-28-15-16-29(26)27)18-22-5-9-23(10-6-22)20(3)4;1-17(2)21-7-5-20(6-8-21)16-23-10-12-25(28-14-13-27-26(23)28)22-9-11-24(19(4)29)18(3)15-22;1-17-8-11-27(12-9-17)21-5-2-18(3-6-21)14-19-4-7-22(20-15-25-26-16-20)28-13-10-24-23(19)28/h7-18,22H,2-6,19H2,1H3;5-16,19-20H,17-18H2,1-4H3;5-15,17H,16H2,1-4H3;2-7,10,13,15-17H,8-9,11-12,14H2,1H3,(H,25,26). The van der Waals surface area contributed by atoms with Gasteiger partial charge in [0, 0.05) is 111 Å². The predicted octanol–water partition coefficient (Wildman–Crippen LogP) is 24.6. The Morgan fingerprint density at radius 1 is 0.426 bits per heavy atom. The molecule has 12 heteroatoms. The molecule has 1 aliphatic heterocycles. The van der Waals surface area contributed by atoms with Crippen LogP contribution in [0.3, 0.4) is 0 Å². The van der Waals surface area contributed by atoms with E-state index in [-0.39, 0.29) is 5.78 Å². The van der Waals surface area contributed by atoms with Gasteiger partial charge in [-0.25, -0.2) is 19.9 Å². The molecule has 0 amide bonds. The summed E-state index contributed by atoms with van der Waals surface area (Å²) in [5.74, 6) is 3.51. The number of rotatable bonds is 19. The van der Waals surface area contributed by atoms with E-state index in [1.165, 1.54) is 159 Å². The lowest BCUT2D eigenvalue weighted by atomic mass is 9.84. The smallest absolute Gasteiger partial charge is 0.160 e. The van der Waals surface area contributed by atoms with Gasteiger partial charge in [-0.1, -0.05) is 243 Å². The van der Waals surface area contributed by atoms with Crippen LogP contribution in [0, 0.1) is 25.7 Å². The number of piperidine rings is 1. The molecule has 115 heavy (non-hydrogen) atoms. The van der Waals surface area contributed by atoms with Gasteiger partial charge < -0.3 is 4.90 Å². The molecule has 1 saturated carbocycles. The van der Waals surface area contributed by atoms with Crippen molar-refractivity contribution in [1.29, 1.82) is 0 Å². The Kier molecular flexibility index (Phi) is 24.5. The minimum atomic E-state index is 0.0978. The summed E-state index contributed by atoms with van der Waals surface area (Å²) in [6.07, 6.45) is 33.6. The number of carbonyl (C=O) groups is 1. The molecule has 1 aliphatic carbocycles. The number of Topliss-reactive ketones (excluding diaryl/α,β-unsaturated/α-hetero) is 1. The molecule has 1 saturated heterocycles. The summed E-state index contributed by atoms with van der Waals surface area (Å²) in [7, 11) is 0. The molecule has 0 unspecified atom stereocenters. The van der Waals surface area contributed by atoms with Gasteiger partial charge in [-0.05, 0) is 214 Å². The Morgan fingerprint density at radius 3 is 1.22 bits per heavy atom. The first-order valence-corrected chi connectivity index (χ1v) is 41.7. The van der Waals surface area contributed by atoms with Gasteiger partial charge in [0.25, 0.3) is 0 Å². The molecule has 0 spiro atoms. The van der Waals surface area contributed by atoms with Crippen molar-refractivity contribution >= 4 is 34.1 Å². The number of H-pyrrole nitrogens is 1. The van der Waals surface area contributed by atoms with Crippen LogP contribution in [-0.2, 0) is 32.1 Å². The van der Waals surface area contributed by atoms with E-state index in [0.29, 0.717) is 17.8 Å². The van der Waals surface area contributed by atoms with Crippen molar-refractivity contribution in [1.82, 2.24) is 47.7 Å². The largest absolute Gasteiger partial charge is 0.372 e. The van der Waals surface area contributed by atoms with Crippen molar-refractivity contribution < 1.29 is 4.79 Å². The van der Waals surface area contributed by atoms with Gasteiger partial charge in [-0.15, -0.1) is 0 Å². The first kappa shape index (κ1) is 78.3. The highest BCUT2D eigenvalue weighted by Crippen LogP contribution is 2.36. The van der Waals surface area contributed by atoms with Gasteiger partial charge in [0.2, 0.25) is 0 Å². The maximum Gasteiger partial charge on any atom is 0.160 e. The van der Waals surface area contributed by atoms with Crippen LogP contribution in [0.2, 0.25) is 0 Å². The fourth-order valence-electron chi connectivity index (χ4n) is 16.7. The molecule has 12 nitrogen and oxygen atoms in total. The topological polar surface area (TPSA) is 118 Å². The van der Waals surface area contributed by atoms with Crippen LogP contribution in [0.25, 0.3) is 67.6 Å². The van der Waals surface area contributed by atoms with E-state index < -0.39 is 0 Å². The van der Waals surface area contributed by atoms with Gasteiger partial charge in [0.1, 0.15) is 22.6 Å². The van der Waals surface area contributed by atoms with E-state index in [1.54, 1.807) is 6.92 Å². The lowest BCUT2D eigenvalue weighted by molar-refractivity contribution is 0.101. The molecular weight excluding hydrogens is 1410 g/mol. The average Bonchev–Trinajstić information content (AvgIpc) is 1.77. The summed E-state index contributed by atoms with van der Waals surface area (Å²) in [5, 5.41) is 6.95. The number of aryl methyl sites for hydroxylation is 2. The van der Waals surface area contributed by atoms with Crippen molar-refractivity contribution in [2.24, 2.45) is 11.8 Å². The zero-order valence-electron chi connectivity index (χ0n) is 68.6. The second-order valence-corrected chi connectivity index (χ2v) is 33.1. The number of hydrogen-bond donors (Lipinski definition) is 1. The van der Waals surface area contributed by atoms with E-state index in [1.807, 2.05) is 68.6 Å². The van der Waals surface area contributed by atoms with Gasteiger partial charge in [0.15, 0.2) is 5.78 Å². The third-order valence-electron chi connectivity index (χ3n) is 23.5. The molecule has 2 aliphatic rings. The Bertz CT molecular complexity index is 5880. The van der Waals surface area contributed by atoms with E-state index in [2.05, 4.69) is 321 Å². The Labute approximate surface area is 679 Å². The van der Waals surface area contributed by atoms with Crippen LogP contribution < -0.4 is 4.90 Å². The Morgan fingerprint density at radius 2 is 0.817 bits per heavy atom. The first-order chi connectivity index (χ1) is 56.0. The second-order valence-electron chi connectivity index (χ2n) is 33.1. The molecule has 16 aromatic rings. The fourth-order valence-corrected chi connectivity index (χ4v) is 16.7. The number of ketones is 1. The number of aromatic amines is 1. The minimum absolute atomic E-state index is 0.0978. The van der Waals surface area contributed by atoms with Gasteiger partial charge in [-0.3, -0.25) is 27.5 Å². The van der Waals surface area contributed by atoms with Crippen molar-refractivity contribution in [3.8, 4) is 45.0 Å². The van der Waals surface area contributed by atoms with Gasteiger partial charge in [0.05, 0.1) is 29.0 Å². The number of aromatic nitrogens is 10. The number of hydrogen-bond acceptors (Lipinski definition) is 7. The number of carbonyl (C=O) groups excluding carboxylic acids is 1. The molecule has 1 N–H and O–H groups in total. The van der Waals surface area contributed by atoms with Crippen molar-refractivity contribution in [2.45, 2.75) is 164 Å². The Hall–Kier alpha value is -12.0. The number of nitrogens with zero attached hydrogens (tertiary/aromatic N) is 10. The van der Waals surface area contributed by atoms with Crippen LogP contribution in [0.4, 0.5) is 5.69 Å². The summed E-state index contributed by atoms with van der Waals surface area (Å²) in [6, 6.07) is 77.5. The van der Waals surface area contributed by atoms with Crippen LogP contribution >= 0.6 is 0 Å². The lowest BCUT2D eigenvalue weighted by Gasteiger charge is -2.32. The van der Waals surface area contributed by atoms with E-state index in [4.69, 9.17) is 0 Å². The van der Waals surface area contributed by atoms with E-state index in [0.717, 1.165) is 100 Å². The molecule has 0 radical (unpaired) electrons. The highest BCUT2D eigenvalue weighted by Gasteiger charge is 2.21. The predicted molar refractivity (Wildman–Crippen MR) is 474 cm³/mol. The first-order valence-electron chi connectivity index (χ1n) is 41.7. The molecule has 7 aromatic carbocycles. The van der Waals surface area contributed by atoms with Crippen LogP contribution in [-0.4, -0.2) is 66.6 Å². The lowest BCUT2D eigenvalue weighted by Crippen LogP contribution is -2.32. The maximum absolute atomic E-state index is 11.7. The number of imidazole rings is 4. The molecule has 9 aromatic heterocycles. The summed E-state index contributed by atoms with van der Waals surface area (Å²) in [4.78, 5) is 32.8. The summed E-state index contributed by atoms with van der Waals surface area (Å²) < 4.78 is 8.72. The quantitative estimate of drug-likeness (QED) is 0.0801. The van der Waals surface area contributed by atoms with Crippen molar-refractivity contribution in [2.75, 3.05) is 18.0 Å². The van der Waals surface area contributed by atoms with Gasteiger partial charge >= 0.3 is 0 Å². The van der Waals surface area contributed by atoms with E-state index in [9.17, 15) is 4.79 Å². The van der Waals surface area contributed by atoms with Crippen LogP contribution in [0.1, 0.15) is 206 Å². The highest BCUT2D eigenvalue weighted by atomic mass is 16.1. The SMILES string of the molecule is CC(=O)c1ccc(-c2ccc(Cc3ccc(C(C)C)cc3)c3nccn23)cc1C.CC(C)Cc1ccc(-c2ccc(Cc3ccc(C(C)C)cc3)c3nccn23)cc1.CC1CCN(c2ccc(Cc3ccc(-c4cn[nH]c4)n4ccnc34)cc2)CC1.Cc1ccc(-c2ccc(Cc3ccc(C4CCCCC4)cc3)c3nccn23)cc1. The fraction of sp³-hybridized carbons (Fsp3) is 0.282. The third-order valence-corrected chi connectivity index (χ3v) is 23.5. The average molecular weight is 1520 g/mol. The molecule has 10 heterocycles. The second kappa shape index (κ2) is 36.0. The summed E-state index contributed by atoms with van der Waals surface area (Å²) >= 11 is 0. The Balaban J connectivity index is 0.000000121. The highest BCUT2D eigenvalue weighted by molar-refractivity contribution is 5.96. The molecular formula is C103H109N11O. The van der Waals surface area contributed by atoms with Crippen molar-refractivity contribution in [3.05, 3.63) is 358 Å².